The van der Waals surface area contributed by atoms with E-state index in [0.717, 1.165) is 69.9 Å². The minimum absolute atomic E-state index is 0.0296. The molecule has 6 nitrogen and oxygen atoms in total. The quantitative estimate of drug-likeness (QED) is 0.825. The normalized spacial score (nSPS) is 19.1. The summed E-state index contributed by atoms with van der Waals surface area (Å²) in [6.45, 7) is 4.68. The molecule has 2 heterocycles. The Hall–Kier alpha value is -1.92. The average molecular weight is 357 g/mol. The molecule has 0 bridgehead atoms. The number of nitrogens with zero attached hydrogens (tertiary/aromatic N) is 2. The Labute approximate surface area is 153 Å². The number of amides is 1. The number of fused-ring (bicyclic) bond motifs is 1. The molecular weight excluding hydrogens is 330 g/mol. The SMILES string of the molecule is COCCN1CCC(CNC(=O)c2ccc3nc(C4CC4)oc3c2)CC1. The Morgan fingerprint density at radius 3 is 2.85 bits per heavy atom. The van der Waals surface area contributed by atoms with Gasteiger partial charge in [0.25, 0.3) is 5.91 Å². The number of aromatic nitrogens is 1. The molecule has 140 valence electrons. The number of hydrogen-bond donors (Lipinski definition) is 1. The summed E-state index contributed by atoms with van der Waals surface area (Å²) in [7, 11) is 1.74. The molecule has 1 aliphatic carbocycles. The number of carbonyl (C=O) groups excluding carboxylic acids is 1. The van der Waals surface area contributed by atoms with Crippen LogP contribution in [-0.2, 0) is 4.74 Å². The van der Waals surface area contributed by atoms with Gasteiger partial charge >= 0.3 is 0 Å². The average Bonchev–Trinajstić information content (AvgIpc) is 3.44. The van der Waals surface area contributed by atoms with Crippen LogP contribution in [0.4, 0.5) is 0 Å². The second kappa shape index (κ2) is 7.76. The van der Waals surface area contributed by atoms with Gasteiger partial charge in [0.2, 0.25) is 0 Å². The van der Waals surface area contributed by atoms with E-state index in [1.165, 1.54) is 0 Å². The van der Waals surface area contributed by atoms with Gasteiger partial charge in [-0.3, -0.25) is 4.79 Å². The van der Waals surface area contributed by atoms with E-state index in [1.807, 2.05) is 18.2 Å². The number of hydrogen-bond acceptors (Lipinski definition) is 5. The summed E-state index contributed by atoms with van der Waals surface area (Å²) in [5.74, 6) is 1.82. The zero-order valence-corrected chi connectivity index (χ0v) is 15.4. The molecule has 1 aliphatic heterocycles. The van der Waals surface area contributed by atoms with Crippen molar-refractivity contribution >= 4 is 17.0 Å². The van der Waals surface area contributed by atoms with Crippen molar-refractivity contribution in [3.05, 3.63) is 29.7 Å². The number of nitrogens with one attached hydrogen (secondary N) is 1. The first-order valence-electron chi connectivity index (χ1n) is 9.63. The van der Waals surface area contributed by atoms with Crippen LogP contribution in [0.1, 0.15) is 47.8 Å². The van der Waals surface area contributed by atoms with Crippen molar-refractivity contribution < 1.29 is 13.9 Å². The Bertz CT molecular complexity index is 761. The summed E-state index contributed by atoms with van der Waals surface area (Å²) in [5, 5.41) is 3.09. The summed E-state index contributed by atoms with van der Waals surface area (Å²) in [5.41, 5.74) is 2.20. The zero-order valence-electron chi connectivity index (χ0n) is 15.4. The van der Waals surface area contributed by atoms with E-state index in [9.17, 15) is 4.79 Å². The maximum absolute atomic E-state index is 12.5. The third-order valence-corrected chi connectivity index (χ3v) is 5.46. The van der Waals surface area contributed by atoms with E-state index < -0.39 is 0 Å². The molecule has 6 heteroatoms. The topological polar surface area (TPSA) is 67.6 Å². The van der Waals surface area contributed by atoms with Gasteiger partial charge in [0.05, 0.1) is 6.61 Å². The lowest BCUT2D eigenvalue weighted by molar-refractivity contribution is 0.0926. The van der Waals surface area contributed by atoms with Gasteiger partial charge in [0.1, 0.15) is 5.52 Å². The highest BCUT2D eigenvalue weighted by atomic mass is 16.5. The molecule has 1 N–H and O–H groups in total. The number of likely N-dealkylation sites (tertiary alicyclic amines) is 1. The standard InChI is InChI=1S/C20H27N3O3/c1-25-11-10-23-8-6-14(7-9-23)13-21-19(24)16-4-5-17-18(12-16)26-20(22-17)15-2-3-15/h4-5,12,14-15H,2-3,6-11,13H2,1H3,(H,21,24). The van der Waals surface area contributed by atoms with Crippen molar-refractivity contribution in [2.75, 3.05) is 39.9 Å². The Morgan fingerprint density at radius 1 is 1.31 bits per heavy atom. The lowest BCUT2D eigenvalue weighted by Gasteiger charge is -2.31. The first kappa shape index (κ1) is 17.5. The van der Waals surface area contributed by atoms with Crippen molar-refractivity contribution in [1.29, 1.82) is 0 Å². The fourth-order valence-corrected chi connectivity index (χ4v) is 3.56. The number of methoxy groups -OCH3 is 1. The van der Waals surface area contributed by atoms with Crippen LogP contribution in [0, 0.1) is 5.92 Å². The second-order valence-corrected chi connectivity index (χ2v) is 7.50. The van der Waals surface area contributed by atoms with E-state index in [2.05, 4.69) is 15.2 Å². The van der Waals surface area contributed by atoms with E-state index in [4.69, 9.17) is 9.15 Å². The smallest absolute Gasteiger partial charge is 0.251 e. The van der Waals surface area contributed by atoms with Crippen LogP contribution in [0.15, 0.2) is 22.6 Å². The van der Waals surface area contributed by atoms with Crippen molar-refractivity contribution in [3.8, 4) is 0 Å². The molecular formula is C20H27N3O3. The number of carbonyl (C=O) groups is 1. The molecule has 1 aromatic carbocycles. The van der Waals surface area contributed by atoms with Gasteiger partial charge in [-0.15, -0.1) is 0 Å². The monoisotopic (exact) mass is 357 g/mol. The van der Waals surface area contributed by atoms with E-state index >= 15 is 0 Å². The fourth-order valence-electron chi connectivity index (χ4n) is 3.56. The largest absolute Gasteiger partial charge is 0.440 e. The van der Waals surface area contributed by atoms with Crippen molar-refractivity contribution in [2.24, 2.45) is 5.92 Å². The number of oxazole rings is 1. The Balaban J connectivity index is 1.29. The number of ether oxygens (including phenoxy) is 1. The van der Waals surface area contributed by atoms with Gasteiger partial charge in [-0.25, -0.2) is 4.98 Å². The van der Waals surface area contributed by atoms with Crippen LogP contribution in [0.25, 0.3) is 11.1 Å². The molecule has 2 aromatic rings. The molecule has 4 rings (SSSR count). The molecule has 0 radical (unpaired) electrons. The molecule has 26 heavy (non-hydrogen) atoms. The van der Waals surface area contributed by atoms with Gasteiger partial charge < -0.3 is 19.4 Å². The third kappa shape index (κ3) is 4.07. The van der Waals surface area contributed by atoms with Crippen LogP contribution in [0.2, 0.25) is 0 Å². The van der Waals surface area contributed by atoms with Crippen molar-refractivity contribution in [1.82, 2.24) is 15.2 Å². The number of piperidine rings is 1. The Morgan fingerprint density at radius 2 is 2.12 bits per heavy atom. The summed E-state index contributed by atoms with van der Waals surface area (Å²) in [6, 6.07) is 5.54. The van der Waals surface area contributed by atoms with Crippen LogP contribution in [0.5, 0.6) is 0 Å². The Kier molecular flexibility index (Phi) is 5.22. The highest BCUT2D eigenvalue weighted by Gasteiger charge is 2.29. The maximum atomic E-state index is 12.5. The van der Waals surface area contributed by atoms with Crippen LogP contribution in [0.3, 0.4) is 0 Å². The van der Waals surface area contributed by atoms with Gasteiger partial charge in [0, 0.05) is 31.7 Å². The molecule has 1 saturated carbocycles. The lowest BCUT2D eigenvalue weighted by atomic mass is 9.96. The summed E-state index contributed by atoms with van der Waals surface area (Å²) < 4.78 is 11.0. The van der Waals surface area contributed by atoms with Crippen molar-refractivity contribution in [2.45, 2.75) is 31.6 Å². The molecule has 1 aromatic heterocycles. The molecule has 0 unspecified atom stereocenters. The highest BCUT2D eigenvalue weighted by Crippen LogP contribution is 2.40. The van der Waals surface area contributed by atoms with Gasteiger partial charge in [0.15, 0.2) is 11.5 Å². The van der Waals surface area contributed by atoms with Crippen LogP contribution < -0.4 is 5.32 Å². The summed E-state index contributed by atoms with van der Waals surface area (Å²) in [6.07, 6.45) is 4.56. The predicted octanol–water partition coefficient (Wildman–Crippen LogP) is 2.79. The van der Waals surface area contributed by atoms with Crippen molar-refractivity contribution in [3.63, 3.8) is 0 Å². The summed E-state index contributed by atoms with van der Waals surface area (Å²) in [4.78, 5) is 19.4. The fraction of sp³-hybridized carbons (Fsp3) is 0.600. The first-order valence-corrected chi connectivity index (χ1v) is 9.63. The molecule has 1 saturated heterocycles. The minimum atomic E-state index is -0.0296. The number of benzene rings is 1. The van der Waals surface area contributed by atoms with Gasteiger partial charge in [-0.2, -0.15) is 0 Å². The predicted molar refractivity (Wildman–Crippen MR) is 99.4 cm³/mol. The summed E-state index contributed by atoms with van der Waals surface area (Å²) >= 11 is 0. The van der Waals surface area contributed by atoms with Gasteiger partial charge in [-0.1, -0.05) is 0 Å². The number of rotatable bonds is 7. The lowest BCUT2D eigenvalue weighted by Crippen LogP contribution is -2.39. The zero-order chi connectivity index (χ0) is 17.9. The first-order chi connectivity index (χ1) is 12.7. The highest BCUT2D eigenvalue weighted by molar-refractivity contribution is 5.97. The van der Waals surface area contributed by atoms with E-state index in [0.29, 0.717) is 23.0 Å². The second-order valence-electron chi connectivity index (χ2n) is 7.50. The van der Waals surface area contributed by atoms with E-state index in [1.54, 1.807) is 7.11 Å². The maximum Gasteiger partial charge on any atom is 0.251 e. The molecule has 2 aliphatic rings. The minimum Gasteiger partial charge on any atom is -0.440 e. The molecule has 0 spiro atoms. The van der Waals surface area contributed by atoms with Crippen LogP contribution in [-0.4, -0.2) is 55.7 Å². The third-order valence-electron chi connectivity index (χ3n) is 5.46. The van der Waals surface area contributed by atoms with Crippen LogP contribution >= 0.6 is 0 Å². The molecule has 1 amide bonds. The van der Waals surface area contributed by atoms with Gasteiger partial charge in [-0.05, 0) is 62.9 Å². The van der Waals surface area contributed by atoms with E-state index in [-0.39, 0.29) is 5.91 Å². The molecule has 2 fully saturated rings. The molecule has 0 atom stereocenters.